The Morgan fingerprint density at radius 2 is 2.14 bits per heavy atom. The van der Waals surface area contributed by atoms with E-state index in [0.717, 1.165) is 30.9 Å². The average molecular weight is 315 g/mol. The second kappa shape index (κ2) is 7.40. The summed E-state index contributed by atoms with van der Waals surface area (Å²) >= 11 is 1.70. The molecule has 1 aliphatic heterocycles. The van der Waals surface area contributed by atoms with Crippen molar-refractivity contribution in [1.82, 2.24) is 10.3 Å². The van der Waals surface area contributed by atoms with Crippen molar-refractivity contribution in [2.24, 2.45) is 0 Å². The van der Waals surface area contributed by atoms with Gasteiger partial charge in [0.15, 0.2) is 0 Å². The quantitative estimate of drug-likeness (QED) is 0.891. The molecule has 1 N–H and O–H groups in total. The third kappa shape index (κ3) is 4.07. The SMILES string of the molecule is O=C(CCc1cccs1)NCc1ccc(N2CCCC2)nc1. The molecular weight excluding hydrogens is 294 g/mol. The molecule has 0 radical (unpaired) electrons. The number of thiophene rings is 1. The van der Waals surface area contributed by atoms with Crippen LogP contribution in [0.5, 0.6) is 0 Å². The Labute approximate surface area is 135 Å². The zero-order valence-electron chi connectivity index (χ0n) is 12.6. The summed E-state index contributed by atoms with van der Waals surface area (Å²) in [7, 11) is 0. The number of carbonyl (C=O) groups excluding carboxylic acids is 1. The number of hydrogen-bond donors (Lipinski definition) is 1. The van der Waals surface area contributed by atoms with Crippen LogP contribution in [0.2, 0.25) is 0 Å². The maximum Gasteiger partial charge on any atom is 0.220 e. The van der Waals surface area contributed by atoms with Gasteiger partial charge >= 0.3 is 0 Å². The Balaban J connectivity index is 1.43. The van der Waals surface area contributed by atoms with Gasteiger partial charge in [0, 0.05) is 37.1 Å². The number of anilines is 1. The Bertz CT molecular complexity index is 589. The highest BCUT2D eigenvalue weighted by atomic mass is 32.1. The van der Waals surface area contributed by atoms with Crippen LogP contribution in [-0.2, 0) is 17.8 Å². The van der Waals surface area contributed by atoms with Crippen LogP contribution in [0.3, 0.4) is 0 Å². The van der Waals surface area contributed by atoms with E-state index in [-0.39, 0.29) is 5.91 Å². The van der Waals surface area contributed by atoms with E-state index in [1.54, 1.807) is 11.3 Å². The summed E-state index contributed by atoms with van der Waals surface area (Å²) in [6.45, 7) is 2.76. The van der Waals surface area contributed by atoms with Crippen molar-refractivity contribution in [2.75, 3.05) is 18.0 Å². The van der Waals surface area contributed by atoms with E-state index < -0.39 is 0 Å². The predicted molar refractivity (Wildman–Crippen MR) is 90.2 cm³/mol. The minimum atomic E-state index is 0.0945. The summed E-state index contributed by atoms with van der Waals surface area (Å²) < 4.78 is 0. The highest BCUT2D eigenvalue weighted by molar-refractivity contribution is 7.09. The average Bonchev–Trinajstić information content (AvgIpc) is 3.24. The third-order valence-electron chi connectivity index (χ3n) is 3.91. The fraction of sp³-hybridized carbons (Fsp3) is 0.412. The van der Waals surface area contributed by atoms with Gasteiger partial charge in [0.25, 0.3) is 0 Å². The molecule has 1 aliphatic rings. The van der Waals surface area contributed by atoms with Gasteiger partial charge < -0.3 is 10.2 Å². The van der Waals surface area contributed by atoms with Gasteiger partial charge in [0.05, 0.1) is 0 Å². The van der Waals surface area contributed by atoms with E-state index in [4.69, 9.17) is 0 Å². The van der Waals surface area contributed by atoms with Gasteiger partial charge in [-0.1, -0.05) is 12.1 Å². The molecule has 0 aliphatic carbocycles. The summed E-state index contributed by atoms with van der Waals surface area (Å²) in [6.07, 6.45) is 5.73. The Morgan fingerprint density at radius 3 is 2.82 bits per heavy atom. The van der Waals surface area contributed by atoms with E-state index in [1.807, 2.05) is 17.6 Å². The lowest BCUT2D eigenvalue weighted by Gasteiger charge is -2.16. The van der Waals surface area contributed by atoms with Gasteiger partial charge in [0.2, 0.25) is 5.91 Å². The number of rotatable bonds is 6. The van der Waals surface area contributed by atoms with Gasteiger partial charge in [-0.2, -0.15) is 0 Å². The lowest BCUT2D eigenvalue weighted by molar-refractivity contribution is -0.121. The van der Waals surface area contributed by atoms with Crippen molar-refractivity contribution in [2.45, 2.75) is 32.2 Å². The first-order chi connectivity index (χ1) is 10.8. The van der Waals surface area contributed by atoms with E-state index >= 15 is 0 Å². The molecule has 1 saturated heterocycles. The van der Waals surface area contributed by atoms with E-state index in [0.29, 0.717) is 13.0 Å². The van der Waals surface area contributed by atoms with Crippen LogP contribution >= 0.6 is 11.3 Å². The second-order valence-electron chi connectivity index (χ2n) is 5.57. The molecule has 0 bridgehead atoms. The Hall–Kier alpha value is -1.88. The van der Waals surface area contributed by atoms with Crippen LogP contribution in [0.15, 0.2) is 35.8 Å². The molecule has 3 heterocycles. The smallest absolute Gasteiger partial charge is 0.220 e. The maximum absolute atomic E-state index is 11.9. The number of nitrogens with zero attached hydrogens (tertiary/aromatic N) is 2. The van der Waals surface area contributed by atoms with Crippen molar-refractivity contribution in [3.05, 3.63) is 46.3 Å². The molecular formula is C17H21N3OS. The van der Waals surface area contributed by atoms with Crippen molar-refractivity contribution in [3.8, 4) is 0 Å². The molecule has 22 heavy (non-hydrogen) atoms. The molecule has 3 rings (SSSR count). The zero-order chi connectivity index (χ0) is 15.2. The minimum Gasteiger partial charge on any atom is -0.357 e. The summed E-state index contributed by atoms with van der Waals surface area (Å²) in [6, 6.07) is 8.20. The lowest BCUT2D eigenvalue weighted by Crippen LogP contribution is -2.23. The van der Waals surface area contributed by atoms with Crippen LogP contribution in [0.4, 0.5) is 5.82 Å². The summed E-state index contributed by atoms with van der Waals surface area (Å²) in [4.78, 5) is 19.9. The van der Waals surface area contributed by atoms with E-state index in [2.05, 4.69) is 33.4 Å². The fourth-order valence-corrected chi connectivity index (χ4v) is 3.34. The van der Waals surface area contributed by atoms with Crippen molar-refractivity contribution < 1.29 is 4.79 Å². The van der Waals surface area contributed by atoms with Gasteiger partial charge in [-0.15, -0.1) is 11.3 Å². The molecule has 0 aromatic carbocycles. The zero-order valence-corrected chi connectivity index (χ0v) is 13.4. The van der Waals surface area contributed by atoms with Gasteiger partial charge in [-0.05, 0) is 42.3 Å². The minimum absolute atomic E-state index is 0.0945. The highest BCUT2D eigenvalue weighted by Gasteiger charge is 2.13. The molecule has 0 atom stereocenters. The van der Waals surface area contributed by atoms with Gasteiger partial charge in [0.1, 0.15) is 5.82 Å². The molecule has 0 unspecified atom stereocenters. The van der Waals surface area contributed by atoms with Crippen LogP contribution in [0, 0.1) is 0 Å². The number of nitrogens with one attached hydrogen (secondary N) is 1. The first-order valence-electron chi connectivity index (χ1n) is 7.80. The lowest BCUT2D eigenvalue weighted by atomic mass is 10.2. The summed E-state index contributed by atoms with van der Waals surface area (Å²) in [5, 5.41) is 5.00. The monoisotopic (exact) mass is 315 g/mol. The summed E-state index contributed by atoms with van der Waals surface area (Å²) in [5.74, 6) is 1.14. The standard InChI is InChI=1S/C17H21N3OS/c21-17(8-6-15-4-3-11-22-15)19-13-14-5-7-16(18-12-14)20-9-1-2-10-20/h3-5,7,11-12H,1-2,6,8-10,13H2,(H,19,21). The number of carbonyl (C=O) groups is 1. The first kappa shape index (κ1) is 15.0. The molecule has 2 aromatic heterocycles. The first-order valence-corrected chi connectivity index (χ1v) is 8.68. The number of hydrogen-bond acceptors (Lipinski definition) is 4. The maximum atomic E-state index is 11.9. The van der Waals surface area contributed by atoms with Crippen LogP contribution in [0.25, 0.3) is 0 Å². The summed E-state index contributed by atoms with van der Waals surface area (Å²) in [5.41, 5.74) is 1.05. The topological polar surface area (TPSA) is 45.2 Å². The number of aromatic nitrogens is 1. The molecule has 5 heteroatoms. The number of aryl methyl sites for hydroxylation is 1. The van der Waals surface area contributed by atoms with Crippen molar-refractivity contribution >= 4 is 23.1 Å². The number of amides is 1. The molecule has 116 valence electrons. The van der Waals surface area contributed by atoms with Crippen LogP contribution in [0.1, 0.15) is 29.7 Å². The molecule has 4 nitrogen and oxygen atoms in total. The Morgan fingerprint density at radius 1 is 1.27 bits per heavy atom. The number of pyridine rings is 1. The molecule has 0 spiro atoms. The highest BCUT2D eigenvalue weighted by Crippen LogP contribution is 2.17. The largest absolute Gasteiger partial charge is 0.357 e. The molecule has 2 aromatic rings. The van der Waals surface area contributed by atoms with Crippen molar-refractivity contribution in [1.29, 1.82) is 0 Å². The second-order valence-corrected chi connectivity index (χ2v) is 6.61. The molecule has 1 amide bonds. The van der Waals surface area contributed by atoms with Gasteiger partial charge in [-0.25, -0.2) is 4.98 Å². The fourth-order valence-electron chi connectivity index (χ4n) is 2.64. The van der Waals surface area contributed by atoms with Crippen LogP contribution in [-0.4, -0.2) is 24.0 Å². The van der Waals surface area contributed by atoms with Crippen molar-refractivity contribution in [3.63, 3.8) is 0 Å². The molecule has 0 saturated carbocycles. The predicted octanol–water partition coefficient (Wildman–Crippen LogP) is 2.99. The third-order valence-corrected chi connectivity index (χ3v) is 4.84. The van der Waals surface area contributed by atoms with E-state index in [1.165, 1.54) is 17.7 Å². The van der Waals surface area contributed by atoms with Gasteiger partial charge in [-0.3, -0.25) is 4.79 Å². The van der Waals surface area contributed by atoms with Crippen LogP contribution < -0.4 is 10.2 Å². The van der Waals surface area contributed by atoms with E-state index in [9.17, 15) is 4.79 Å². The normalized spacial score (nSPS) is 14.3. The molecule has 1 fully saturated rings. The Kier molecular flexibility index (Phi) is 5.06.